The monoisotopic (exact) mass is 498 g/mol. The molecular weight excluding hydrogens is 442 g/mol. The van der Waals surface area contributed by atoms with Crippen LogP contribution in [0.1, 0.15) is 122 Å². The predicted octanol–water partition coefficient (Wildman–Crippen LogP) is 5.42. The standard InChI is InChI=1S/C28H55N3O4/c1-5-6-7-8-9-10-11-12-13-14-15-16-17-18-19-20-23-29-28(35)25(21-22-27(33)34)30-26(32)24-31(2,3)4/h25H,5-24H2,1-4H3,(H2-,29,30,32,33,34,35)/p+1/t25-/m0/s1. The van der Waals surface area contributed by atoms with Gasteiger partial charge in [0.1, 0.15) is 6.04 Å². The van der Waals surface area contributed by atoms with Crippen molar-refractivity contribution >= 4 is 17.8 Å². The largest absolute Gasteiger partial charge is 0.481 e. The molecule has 0 fully saturated rings. The number of rotatable bonds is 24. The van der Waals surface area contributed by atoms with Gasteiger partial charge in [-0.15, -0.1) is 0 Å². The Balaban J connectivity index is 3.78. The first-order chi connectivity index (χ1) is 16.7. The number of likely N-dealkylation sites (N-methyl/N-ethyl adjacent to an activating group) is 1. The number of nitrogens with one attached hydrogen (secondary N) is 2. The van der Waals surface area contributed by atoms with Gasteiger partial charge in [-0.1, -0.05) is 103 Å². The van der Waals surface area contributed by atoms with Crippen molar-refractivity contribution in [3.8, 4) is 0 Å². The molecule has 0 saturated carbocycles. The minimum atomic E-state index is -0.971. The SMILES string of the molecule is CCCCCCCCCCCCCCCCCCNC(=O)[C@H](CCC(=O)O)NC(=O)C[N+](C)(C)C. The van der Waals surface area contributed by atoms with Crippen molar-refractivity contribution in [2.24, 2.45) is 0 Å². The number of carboxylic acids is 1. The van der Waals surface area contributed by atoms with E-state index >= 15 is 0 Å². The van der Waals surface area contributed by atoms with Crippen molar-refractivity contribution < 1.29 is 24.0 Å². The lowest BCUT2D eigenvalue weighted by Crippen LogP contribution is -2.52. The van der Waals surface area contributed by atoms with E-state index in [1.165, 1.54) is 89.9 Å². The van der Waals surface area contributed by atoms with Crippen molar-refractivity contribution in [3.05, 3.63) is 0 Å². The summed E-state index contributed by atoms with van der Waals surface area (Å²) >= 11 is 0. The number of nitrogens with zero attached hydrogens (tertiary/aromatic N) is 1. The number of hydrogen-bond donors (Lipinski definition) is 3. The molecule has 0 radical (unpaired) electrons. The lowest BCUT2D eigenvalue weighted by Gasteiger charge is -2.25. The molecule has 1 atom stereocenters. The van der Waals surface area contributed by atoms with Crippen molar-refractivity contribution in [1.82, 2.24) is 10.6 Å². The molecule has 0 saturated heterocycles. The number of hydrogen-bond acceptors (Lipinski definition) is 3. The van der Waals surface area contributed by atoms with Crippen LogP contribution in [-0.4, -0.2) is 67.6 Å². The molecule has 7 heteroatoms. The minimum Gasteiger partial charge on any atom is -0.481 e. The number of amides is 2. The summed E-state index contributed by atoms with van der Waals surface area (Å²) in [5, 5.41) is 14.5. The maximum absolute atomic E-state index is 12.5. The fraction of sp³-hybridized carbons (Fsp3) is 0.893. The maximum Gasteiger partial charge on any atom is 0.303 e. The third kappa shape index (κ3) is 23.9. The zero-order chi connectivity index (χ0) is 26.4. The molecule has 35 heavy (non-hydrogen) atoms. The average molecular weight is 499 g/mol. The topological polar surface area (TPSA) is 95.5 Å². The molecule has 0 aromatic carbocycles. The second-order valence-electron chi connectivity index (χ2n) is 11.1. The van der Waals surface area contributed by atoms with Gasteiger partial charge in [0.15, 0.2) is 6.54 Å². The molecule has 0 aromatic rings. The molecule has 0 aliphatic carbocycles. The lowest BCUT2D eigenvalue weighted by atomic mass is 10.0. The van der Waals surface area contributed by atoms with Crippen molar-refractivity contribution in [3.63, 3.8) is 0 Å². The highest BCUT2D eigenvalue weighted by atomic mass is 16.4. The normalized spacial score (nSPS) is 12.3. The summed E-state index contributed by atoms with van der Waals surface area (Å²) in [6.45, 7) is 3.06. The predicted molar refractivity (Wildman–Crippen MR) is 144 cm³/mol. The quantitative estimate of drug-likeness (QED) is 0.122. The van der Waals surface area contributed by atoms with Gasteiger partial charge in [-0.25, -0.2) is 0 Å². The third-order valence-corrected chi connectivity index (χ3v) is 6.25. The van der Waals surface area contributed by atoms with Gasteiger partial charge in [-0.05, 0) is 12.8 Å². The number of carbonyl (C=O) groups is 3. The molecule has 0 unspecified atom stereocenters. The second-order valence-corrected chi connectivity index (χ2v) is 11.1. The van der Waals surface area contributed by atoms with E-state index in [2.05, 4.69) is 17.6 Å². The van der Waals surface area contributed by atoms with Crippen LogP contribution in [0, 0.1) is 0 Å². The Morgan fingerprint density at radius 1 is 0.714 bits per heavy atom. The molecule has 0 bridgehead atoms. The highest BCUT2D eigenvalue weighted by molar-refractivity contribution is 5.88. The van der Waals surface area contributed by atoms with Crippen LogP contribution in [0.2, 0.25) is 0 Å². The summed E-state index contributed by atoms with van der Waals surface area (Å²) in [7, 11) is 5.68. The van der Waals surface area contributed by atoms with E-state index in [-0.39, 0.29) is 31.2 Å². The van der Waals surface area contributed by atoms with E-state index in [9.17, 15) is 14.4 Å². The van der Waals surface area contributed by atoms with E-state index in [0.29, 0.717) is 11.0 Å². The Bertz CT molecular complexity index is 561. The Kier molecular flexibility index (Phi) is 20.6. The summed E-state index contributed by atoms with van der Waals surface area (Å²) in [6, 6.07) is -0.800. The molecule has 7 nitrogen and oxygen atoms in total. The van der Waals surface area contributed by atoms with Crippen LogP contribution >= 0.6 is 0 Å². The van der Waals surface area contributed by atoms with Crippen LogP contribution in [-0.2, 0) is 14.4 Å². The summed E-state index contributed by atoms with van der Waals surface area (Å²) in [6.07, 6.45) is 20.8. The van der Waals surface area contributed by atoms with E-state index in [4.69, 9.17) is 5.11 Å². The molecule has 0 aromatic heterocycles. The molecule has 0 heterocycles. The second kappa shape index (κ2) is 21.6. The molecule has 3 N–H and O–H groups in total. The summed E-state index contributed by atoms with van der Waals surface area (Å²) in [4.78, 5) is 35.6. The molecular formula is C28H56N3O4+. The van der Waals surface area contributed by atoms with Crippen LogP contribution in [0.4, 0.5) is 0 Å². The summed E-state index contributed by atoms with van der Waals surface area (Å²) in [5.74, 6) is -1.51. The molecule has 2 amide bonds. The van der Waals surface area contributed by atoms with Crippen LogP contribution < -0.4 is 10.6 Å². The molecule has 0 aliphatic heterocycles. The van der Waals surface area contributed by atoms with Crippen molar-refractivity contribution in [2.45, 2.75) is 129 Å². The highest BCUT2D eigenvalue weighted by Gasteiger charge is 2.24. The first kappa shape index (κ1) is 33.4. The minimum absolute atomic E-state index is 0.100. The number of unbranched alkanes of at least 4 members (excludes halogenated alkanes) is 15. The van der Waals surface area contributed by atoms with Crippen molar-refractivity contribution in [1.29, 1.82) is 0 Å². The van der Waals surface area contributed by atoms with Crippen LogP contribution in [0.15, 0.2) is 0 Å². The average Bonchev–Trinajstić information content (AvgIpc) is 2.77. The van der Waals surface area contributed by atoms with Gasteiger partial charge < -0.3 is 20.2 Å². The number of carboxylic acid groups (broad SMARTS) is 1. The highest BCUT2D eigenvalue weighted by Crippen LogP contribution is 2.13. The smallest absolute Gasteiger partial charge is 0.303 e. The van der Waals surface area contributed by atoms with Gasteiger partial charge in [0.25, 0.3) is 5.91 Å². The van der Waals surface area contributed by atoms with Gasteiger partial charge >= 0.3 is 5.97 Å². The Morgan fingerprint density at radius 2 is 1.14 bits per heavy atom. The number of aliphatic carboxylic acids is 1. The van der Waals surface area contributed by atoms with E-state index in [1.54, 1.807) is 0 Å². The van der Waals surface area contributed by atoms with Gasteiger partial charge in [-0.3, -0.25) is 14.4 Å². The molecule has 0 rings (SSSR count). The molecule has 0 aliphatic rings. The van der Waals surface area contributed by atoms with Gasteiger partial charge in [0.2, 0.25) is 5.91 Å². The Labute approximate surface area is 215 Å². The van der Waals surface area contributed by atoms with Crippen LogP contribution in [0.25, 0.3) is 0 Å². The maximum atomic E-state index is 12.5. The van der Waals surface area contributed by atoms with E-state index in [1.807, 2.05) is 21.1 Å². The first-order valence-corrected chi connectivity index (χ1v) is 14.2. The van der Waals surface area contributed by atoms with Gasteiger partial charge in [0.05, 0.1) is 21.1 Å². The summed E-state index contributed by atoms with van der Waals surface area (Å²) in [5.41, 5.74) is 0. The first-order valence-electron chi connectivity index (χ1n) is 14.2. The van der Waals surface area contributed by atoms with Gasteiger partial charge in [0, 0.05) is 13.0 Å². The Morgan fingerprint density at radius 3 is 1.54 bits per heavy atom. The molecule has 0 spiro atoms. The van der Waals surface area contributed by atoms with E-state index < -0.39 is 12.0 Å². The zero-order valence-corrected chi connectivity index (χ0v) is 23.3. The van der Waals surface area contributed by atoms with Crippen LogP contribution in [0.5, 0.6) is 0 Å². The number of quaternary nitrogens is 1. The zero-order valence-electron chi connectivity index (χ0n) is 23.3. The third-order valence-electron chi connectivity index (χ3n) is 6.25. The molecule has 206 valence electrons. The van der Waals surface area contributed by atoms with Crippen molar-refractivity contribution in [2.75, 3.05) is 34.2 Å². The Hall–Kier alpha value is -1.63. The lowest BCUT2D eigenvalue weighted by molar-refractivity contribution is -0.862. The fourth-order valence-corrected chi connectivity index (χ4v) is 4.22. The van der Waals surface area contributed by atoms with Gasteiger partial charge in [-0.2, -0.15) is 0 Å². The van der Waals surface area contributed by atoms with E-state index in [0.717, 1.165) is 12.8 Å². The fourth-order valence-electron chi connectivity index (χ4n) is 4.22. The van der Waals surface area contributed by atoms with Crippen LogP contribution in [0.3, 0.4) is 0 Å². The number of carbonyl (C=O) groups excluding carboxylic acids is 2. The summed E-state index contributed by atoms with van der Waals surface area (Å²) < 4.78 is 0.443.